The smallest absolute Gasteiger partial charge is 0.378 e. The molecule has 244 valence electrons. The Balaban J connectivity index is 3.87. The molecule has 6 heteroatoms. The SMILES string of the molecule is CCCCCCCCCCCCCCCCN(/C=C\CCCCCCCCNC(=O)C(F)(F)F)CCCCCCC. The Labute approximate surface area is 252 Å². The van der Waals surface area contributed by atoms with Crippen LogP contribution in [0.2, 0.25) is 0 Å². The molecule has 0 radical (unpaired) electrons. The first-order valence-corrected chi connectivity index (χ1v) is 17.7. The van der Waals surface area contributed by atoms with Gasteiger partial charge < -0.3 is 10.2 Å². The van der Waals surface area contributed by atoms with Crippen molar-refractivity contribution in [3.05, 3.63) is 12.3 Å². The van der Waals surface area contributed by atoms with E-state index >= 15 is 0 Å². The summed E-state index contributed by atoms with van der Waals surface area (Å²) in [7, 11) is 0. The van der Waals surface area contributed by atoms with Crippen molar-refractivity contribution in [2.24, 2.45) is 0 Å². The van der Waals surface area contributed by atoms with Crippen molar-refractivity contribution in [3.8, 4) is 0 Å². The predicted molar refractivity (Wildman–Crippen MR) is 171 cm³/mol. The number of halogens is 3. The van der Waals surface area contributed by atoms with Crippen molar-refractivity contribution >= 4 is 5.91 Å². The van der Waals surface area contributed by atoms with E-state index in [9.17, 15) is 18.0 Å². The highest BCUT2D eigenvalue weighted by atomic mass is 19.4. The van der Waals surface area contributed by atoms with Crippen LogP contribution in [0.3, 0.4) is 0 Å². The number of carbonyl (C=O) groups excluding carboxylic acids is 1. The highest BCUT2D eigenvalue weighted by molar-refractivity contribution is 5.81. The number of allylic oxidation sites excluding steroid dienone is 1. The highest BCUT2D eigenvalue weighted by Gasteiger charge is 2.38. The number of nitrogens with one attached hydrogen (secondary N) is 1. The number of hydrogen-bond acceptors (Lipinski definition) is 2. The molecule has 0 heterocycles. The van der Waals surface area contributed by atoms with Crippen LogP contribution < -0.4 is 5.32 Å². The molecule has 0 aliphatic heterocycles. The molecule has 1 N–H and O–H groups in total. The lowest BCUT2D eigenvalue weighted by Crippen LogP contribution is -2.37. The minimum absolute atomic E-state index is 0.106. The van der Waals surface area contributed by atoms with Crippen LogP contribution >= 0.6 is 0 Å². The van der Waals surface area contributed by atoms with Gasteiger partial charge in [0, 0.05) is 19.6 Å². The molecule has 0 aromatic heterocycles. The maximum Gasteiger partial charge on any atom is 0.471 e. The monoisotopic (exact) mass is 589 g/mol. The van der Waals surface area contributed by atoms with Crippen LogP contribution in [0.5, 0.6) is 0 Å². The van der Waals surface area contributed by atoms with Crippen LogP contribution in [-0.2, 0) is 4.79 Å². The summed E-state index contributed by atoms with van der Waals surface area (Å²) in [5.74, 6) is -1.83. The van der Waals surface area contributed by atoms with E-state index in [-0.39, 0.29) is 6.54 Å². The molecule has 0 spiro atoms. The molecule has 0 aliphatic rings. The van der Waals surface area contributed by atoms with E-state index in [2.05, 4.69) is 31.0 Å². The first-order chi connectivity index (χ1) is 19.9. The lowest BCUT2D eigenvalue weighted by Gasteiger charge is -2.20. The Morgan fingerprint density at radius 2 is 0.927 bits per heavy atom. The van der Waals surface area contributed by atoms with Crippen molar-refractivity contribution in [3.63, 3.8) is 0 Å². The highest BCUT2D eigenvalue weighted by Crippen LogP contribution is 2.15. The number of hydrogen-bond donors (Lipinski definition) is 1. The van der Waals surface area contributed by atoms with Crippen LogP contribution in [0, 0.1) is 0 Å². The number of rotatable bonds is 31. The molecule has 3 nitrogen and oxygen atoms in total. The summed E-state index contributed by atoms with van der Waals surface area (Å²) in [6.45, 7) is 7.00. The topological polar surface area (TPSA) is 32.3 Å². The van der Waals surface area contributed by atoms with Gasteiger partial charge in [0.25, 0.3) is 0 Å². The third kappa shape index (κ3) is 30.1. The standard InChI is InChI=1S/C35H67F3N2O/c1-3-5-7-9-10-11-12-13-14-15-17-20-24-28-32-40(31-27-23-8-6-4-2)33-29-25-21-18-16-19-22-26-30-39-34(41)35(36,37)38/h29,33H,3-28,30-32H2,1-2H3,(H,39,41)/b33-29-. The Hall–Kier alpha value is -1.20. The van der Waals surface area contributed by atoms with Crippen molar-refractivity contribution in [2.75, 3.05) is 19.6 Å². The van der Waals surface area contributed by atoms with Crippen molar-refractivity contribution in [2.45, 2.75) is 187 Å². The molecule has 0 fully saturated rings. The minimum atomic E-state index is -4.77. The molecule has 1 amide bonds. The summed E-state index contributed by atoms with van der Waals surface area (Å²) in [5.41, 5.74) is 0. The van der Waals surface area contributed by atoms with Gasteiger partial charge in [0.15, 0.2) is 0 Å². The zero-order valence-corrected chi connectivity index (χ0v) is 27.2. The van der Waals surface area contributed by atoms with Crippen molar-refractivity contribution < 1.29 is 18.0 Å². The summed E-state index contributed by atoms with van der Waals surface area (Å²) in [5, 5.41) is 1.94. The quantitative estimate of drug-likeness (QED) is 0.0817. The number of nitrogens with zero attached hydrogens (tertiary/aromatic N) is 1. The van der Waals surface area contributed by atoms with Gasteiger partial charge in [-0.05, 0) is 38.3 Å². The molecular weight excluding hydrogens is 521 g/mol. The second-order valence-corrected chi connectivity index (χ2v) is 12.1. The van der Waals surface area contributed by atoms with Crippen LogP contribution in [0.4, 0.5) is 13.2 Å². The third-order valence-corrected chi connectivity index (χ3v) is 8.00. The van der Waals surface area contributed by atoms with E-state index in [1.165, 1.54) is 135 Å². The molecule has 0 aliphatic carbocycles. The molecule has 0 unspecified atom stereocenters. The lowest BCUT2D eigenvalue weighted by molar-refractivity contribution is -0.173. The van der Waals surface area contributed by atoms with E-state index in [1.807, 2.05) is 5.32 Å². The summed E-state index contributed by atoms with van der Waals surface area (Å²) in [6, 6.07) is 0. The Morgan fingerprint density at radius 1 is 0.561 bits per heavy atom. The fourth-order valence-electron chi connectivity index (χ4n) is 5.31. The summed E-state index contributed by atoms with van der Waals surface area (Å²) < 4.78 is 36.5. The molecule has 0 bridgehead atoms. The van der Waals surface area contributed by atoms with E-state index < -0.39 is 12.1 Å². The fourth-order valence-corrected chi connectivity index (χ4v) is 5.31. The van der Waals surface area contributed by atoms with Gasteiger partial charge in [-0.3, -0.25) is 4.79 Å². The predicted octanol–water partition coefficient (Wildman–Crippen LogP) is 11.7. The molecule has 0 aromatic carbocycles. The van der Waals surface area contributed by atoms with Crippen molar-refractivity contribution in [1.29, 1.82) is 0 Å². The second-order valence-electron chi connectivity index (χ2n) is 12.1. The van der Waals surface area contributed by atoms with Gasteiger partial charge in [-0.15, -0.1) is 0 Å². The van der Waals surface area contributed by atoms with Crippen LogP contribution in [0.1, 0.15) is 181 Å². The molecule has 0 aromatic rings. The number of carbonyl (C=O) groups is 1. The summed E-state index contributed by atoms with van der Waals surface area (Å²) in [4.78, 5) is 13.3. The summed E-state index contributed by atoms with van der Waals surface area (Å²) >= 11 is 0. The van der Waals surface area contributed by atoms with Crippen molar-refractivity contribution in [1.82, 2.24) is 10.2 Å². The maximum atomic E-state index is 12.2. The molecule has 0 saturated carbocycles. The Morgan fingerprint density at radius 3 is 1.34 bits per heavy atom. The zero-order valence-electron chi connectivity index (χ0n) is 27.2. The average molecular weight is 589 g/mol. The van der Waals surface area contributed by atoms with Crippen LogP contribution in [0.15, 0.2) is 12.3 Å². The van der Waals surface area contributed by atoms with Crippen LogP contribution in [-0.4, -0.2) is 36.6 Å². The van der Waals surface area contributed by atoms with Gasteiger partial charge >= 0.3 is 12.1 Å². The first kappa shape index (κ1) is 39.8. The average Bonchev–Trinajstić information content (AvgIpc) is 2.94. The molecule has 0 saturated heterocycles. The number of unbranched alkanes of at least 4 members (excludes halogenated alkanes) is 23. The second kappa shape index (κ2) is 30.3. The zero-order chi connectivity index (χ0) is 30.3. The Bertz CT molecular complexity index is 580. The number of alkyl halides is 3. The third-order valence-electron chi connectivity index (χ3n) is 8.00. The number of amides is 1. The van der Waals surface area contributed by atoms with Gasteiger partial charge in [-0.1, -0.05) is 155 Å². The summed E-state index contributed by atoms with van der Waals surface area (Å²) in [6.07, 6.45) is 33.0. The molecule has 41 heavy (non-hydrogen) atoms. The van der Waals surface area contributed by atoms with E-state index in [0.717, 1.165) is 38.5 Å². The molecule has 0 rings (SSSR count). The normalized spacial score (nSPS) is 11.9. The lowest BCUT2D eigenvalue weighted by atomic mass is 10.0. The minimum Gasteiger partial charge on any atom is -0.378 e. The van der Waals surface area contributed by atoms with Crippen LogP contribution in [0.25, 0.3) is 0 Å². The van der Waals surface area contributed by atoms with Gasteiger partial charge in [0.2, 0.25) is 0 Å². The Kier molecular flexibility index (Phi) is 29.4. The van der Waals surface area contributed by atoms with Gasteiger partial charge in [-0.25, -0.2) is 0 Å². The largest absolute Gasteiger partial charge is 0.471 e. The molecular formula is C35H67F3N2O. The van der Waals surface area contributed by atoms with E-state index in [4.69, 9.17) is 0 Å². The first-order valence-electron chi connectivity index (χ1n) is 17.7. The van der Waals surface area contributed by atoms with Gasteiger partial charge in [-0.2, -0.15) is 13.2 Å². The van der Waals surface area contributed by atoms with Gasteiger partial charge in [0.1, 0.15) is 0 Å². The van der Waals surface area contributed by atoms with E-state index in [1.54, 1.807) is 0 Å². The molecule has 0 atom stereocenters. The van der Waals surface area contributed by atoms with E-state index in [0.29, 0.717) is 6.42 Å². The fraction of sp³-hybridized carbons (Fsp3) is 0.914. The van der Waals surface area contributed by atoms with Gasteiger partial charge in [0.05, 0.1) is 0 Å². The maximum absolute atomic E-state index is 12.2.